The number of halogens is 1. The predicted octanol–water partition coefficient (Wildman–Crippen LogP) is 3.20. The average Bonchev–Trinajstić information content (AvgIpc) is 2.76. The van der Waals surface area contributed by atoms with Crippen LogP contribution < -0.4 is 4.74 Å². The van der Waals surface area contributed by atoms with Gasteiger partial charge in [0.1, 0.15) is 5.75 Å². The van der Waals surface area contributed by atoms with Crippen LogP contribution in [0.2, 0.25) is 0 Å². The summed E-state index contributed by atoms with van der Waals surface area (Å²) in [5.74, 6) is 1.75. The molecule has 4 nitrogen and oxygen atoms in total. The second kappa shape index (κ2) is 4.09. The van der Waals surface area contributed by atoms with Gasteiger partial charge in [-0.1, -0.05) is 32.0 Å². The molecule has 1 atom stereocenters. The van der Waals surface area contributed by atoms with Crippen LogP contribution in [0.25, 0.3) is 0 Å². The lowest BCUT2D eigenvalue weighted by Crippen LogP contribution is -2.23. The molecule has 0 bridgehead atoms. The molecule has 0 spiro atoms. The summed E-state index contributed by atoms with van der Waals surface area (Å²) in [6, 6.07) is 9.84. The summed E-state index contributed by atoms with van der Waals surface area (Å²) < 4.78 is 8.62. The number of fused-ring (bicyclic) bond motifs is 1. The van der Waals surface area contributed by atoms with Crippen LogP contribution in [0.5, 0.6) is 5.75 Å². The molecule has 0 saturated heterocycles. The molecule has 3 rings (SSSR count). The van der Waals surface area contributed by atoms with Crippen molar-refractivity contribution in [1.82, 2.24) is 14.8 Å². The molecule has 0 aliphatic carbocycles. The van der Waals surface area contributed by atoms with Gasteiger partial charge in [-0.15, -0.1) is 5.10 Å². The summed E-state index contributed by atoms with van der Waals surface area (Å²) >= 11 is 3.31. The molecule has 0 amide bonds. The van der Waals surface area contributed by atoms with Crippen molar-refractivity contribution in [3.8, 4) is 5.75 Å². The zero-order valence-corrected chi connectivity index (χ0v) is 11.9. The fourth-order valence-corrected chi connectivity index (χ4v) is 2.67. The number of rotatable bonds is 2. The first kappa shape index (κ1) is 11.7. The molecule has 0 saturated carbocycles. The number of para-hydroxylation sites is 1. The summed E-state index contributed by atoms with van der Waals surface area (Å²) in [4.78, 5) is 4.41. The summed E-state index contributed by atoms with van der Waals surface area (Å²) in [6.07, 6.45) is -0.0706. The van der Waals surface area contributed by atoms with E-state index in [0.717, 1.165) is 18.1 Å². The summed E-state index contributed by atoms with van der Waals surface area (Å²) in [5.41, 5.74) is -0.00806. The van der Waals surface area contributed by atoms with E-state index in [9.17, 15) is 0 Å². The van der Waals surface area contributed by atoms with Crippen LogP contribution in [0.4, 0.5) is 0 Å². The maximum absolute atomic E-state index is 6.09. The van der Waals surface area contributed by atoms with Crippen LogP contribution >= 0.6 is 15.9 Å². The molecule has 1 unspecified atom stereocenters. The minimum absolute atomic E-state index is 0.00806. The van der Waals surface area contributed by atoms with E-state index in [1.165, 1.54) is 0 Å². The van der Waals surface area contributed by atoms with Gasteiger partial charge in [0.25, 0.3) is 0 Å². The van der Waals surface area contributed by atoms with Gasteiger partial charge in [0, 0.05) is 5.41 Å². The van der Waals surface area contributed by atoms with E-state index in [-0.39, 0.29) is 11.5 Å². The Bertz CT molecular complexity index is 565. The van der Waals surface area contributed by atoms with E-state index in [1.54, 1.807) is 0 Å². The quantitative estimate of drug-likeness (QED) is 0.855. The fourth-order valence-electron chi connectivity index (χ4n) is 2.30. The number of nitrogens with zero attached hydrogens (tertiary/aromatic N) is 3. The molecule has 1 aromatic heterocycles. The normalized spacial score (nSPS) is 20.7. The topological polar surface area (TPSA) is 39.9 Å². The number of hydrogen-bond donors (Lipinski definition) is 0. The van der Waals surface area contributed by atoms with Crippen molar-refractivity contribution in [3.05, 3.63) is 40.9 Å². The summed E-state index contributed by atoms with van der Waals surface area (Å²) in [6.45, 7) is 5.16. The Kier molecular flexibility index (Phi) is 2.66. The van der Waals surface area contributed by atoms with E-state index in [2.05, 4.69) is 39.9 Å². The smallest absolute Gasteiger partial charge is 0.217 e. The molecule has 2 aromatic rings. The third-order valence-electron chi connectivity index (χ3n) is 3.17. The summed E-state index contributed by atoms with van der Waals surface area (Å²) in [7, 11) is 0. The van der Waals surface area contributed by atoms with Crippen LogP contribution in [-0.4, -0.2) is 14.8 Å². The molecule has 1 aliphatic rings. The van der Waals surface area contributed by atoms with Crippen LogP contribution in [0.15, 0.2) is 35.1 Å². The largest absolute Gasteiger partial charge is 0.482 e. The monoisotopic (exact) mass is 307 g/mol. The Labute approximate surface area is 114 Å². The van der Waals surface area contributed by atoms with Gasteiger partial charge in [-0.25, -0.2) is 9.67 Å². The number of hydrogen-bond acceptors (Lipinski definition) is 3. The molecule has 94 valence electrons. The van der Waals surface area contributed by atoms with Gasteiger partial charge in [0.2, 0.25) is 4.73 Å². The average molecular weight is 308 g/mol. The number of aromatic nitrogens is 3. The van der Waals surface area contributed by atoms with E-state index >= 15 is 0 Å². The van der Waals surface area contributed by atoms with Gasteiger partial charge in [-0.05, 0) is 28.1 Å². The first-order chi connectivity index (χ1) is 8.56. The van der Waals surface area contributed by atoms with Crippen molar-refractivity contribution < 1.29 is 4.74 Å². The zero-order valence-electron chi connectivity index (χ0n) is 10.3. The standard InChI is InChI=1S/C13H14BrN3O/c1-13(2)8-17-11(15-12(14)16-17)10(13)18-9-6-4-3-5-7-9/h3-7,10H,8H2,1-2H3. The highest BCUT2D eigenvalue weighted by molar-refractivity contribution is 9.10. The molecule has 18 heavy (non-hydrogen) atoms. The van der Waals surface area contributed by atoms with Crippen molar-refractivity contribution >= 4 is 15.9 Å². The van der Waals surface area contributed by atoms with Gasteiger partial charge in [0.05, 0.1) is 6.54 Å². The van der Waals surface area contributed by atoms with E-state index in [1.807, 2.05) is 35.0 Å². The lowest BCUT2D eigenvalue weighted by molar-refractivity contribution is 0.0848. The van der Waals surface area contributed by atoms with Crippen molar-refractivity contribution in [2.75, 3.05) is 0 Å². The van der Waals surface area contributed by atoms with Crippen LogP contribution in [0.3, 0.4) is 0 Å². The maximum Gasteiger partial charge on any atom is 0.217 e. The summed E-state index contributed by atoms with van der Waals surface area (Å²) in [5, 5.41) is 4.32. The lowest BCUT2D eigenvalue weighted by Gasteiger charge is -2.26. The second-order valence-electron chi connectivity index (χ2n) is 5.20. The van der Waals surface area contributed by atoms with Gasteiger partial charge in [-0.2, -0.15) is 0 Å². The first-order valence-electron chi connectivity index (χ1n) is 5.88. The van der Waals surface area contributed by atoms with Crippen LogP contribution in [0, 0.1) is 5.41 Å². The Hall–Kier alpha value is -1.36. The second-order valence-corrected chi connectivity index (χ2v) is 5.91. The Morgan fingerprint density at radius 2 is 2.06 bits per heavy atom. The molecule has 0 fully saturated rings. The highest BCUT2D eigenvalue weighted by atomic mass is 79.9. The third kappa shape index (κ3) is 1.92. The van der Waals surface area contributed by atoms with Gasteiger partial charge in [-0.3, -0.25) is 0 Å². The fraction of sp³-hybridized carbons (Fsp3) is 0.385. The minimum Gasteiger partial charge on any atom is -0.482 e. The van der Waals surface area contributed by atoms with Crippen LogP contribution in [-0.2, 0) is 6.54 Å². The highest BCUT2D eigenvalue weighted by Gasteiger charge is 2.43. The van der Waals surface area contributed by atoms with Gasteiger partial charge < -0.3 is 4.74 Å². The maximum atomic E-state index is 6.09. The predicted molar refractivity (Wildman–Crippen MR) is 71.3 cm³/mol. The van der Waals surface area contributed by atoms with Crippen molar-refractivity contribution in [1.29, 1.82) is 0 Å². The molecular weight excluding hydrogens is 294 g/mol. The lowest BCUT2D eigenvalue weighted by atomic mass is 9.89. The van der Waals surface area contributed by atoms with Crippen molar-refractivity contribution in [2.45, 2.75) is 26.5 Å². The van der Waals surface area contributed by atoms with Crippen molar-refractivity contribution in [3.63, 3.8) is 0 Å². The number of benzene rings is 1. The SMILES string of the molecule is CC1(C)Cn2nc(Br)nc2C1Oc1ccccc1. The number of ether oxygens (including phenoxy) is 1. The third-order valence-corrected chi connectivity index (χ3v) is 3.51. The van der Waals surface area contributed by atoms with Crippen LogP contribution in [0.1, 0.15) is 25.8 Å². The molecule has 5 heteroatoms. The Morgan fingerprint density at radius 3 is 2.78 bits per heavy atom. The molecular formula is C13H14BrN3O. The minimum atomic E-state index is -0.0706. The molecule has 0 N–H and O–H groups in total. The van der Waals surface area contributed by atoms with E-state index in [0.29, 0.717) is 4.73 Å². The molecule has 0 radical (unpaired) electrons. The Morgan fingerprint density at radius 1 is 1.33 bits per heavy atom. The van der Waals surface area contributed by atoms with E-state index in [4.69, 9.17) is 4.74 Å². The first-order valence-corrected chi connectivity index (χ1v) is 6.67. The van der Waals surface area contributed by atoms with Gasteiger partial charge in [0.15, 0.2) is 11.9 Å². The van der Waals surface area contributed by atoms with E-state index < -0.39 is 0 Å². The van der Waals surface area contributed by atoms with Gasteiger partial charge >= 0.3 is 0 Å². The highest BCUT2D eigenvalue weighted by Crippen LogP contribution is 2.43. The van der Waals surface area contributed by atoms with Crippen molar-refractivity contribution in [2.24, 2.45) is 5.41 Å². The zero-order chi connectivity index (χ0) is 12.8. The Balaban J connectivity index is 1.94. The molecule has 1 aliphatic heterocycles. The molecule has 2 heterocycles. The molecule has 1 aromatic carbocycles.